The Balaban J connectivity index is 1.98. The van der Waals surface area contributed by atoms with Gasteiger partial charge in [-0.05, 0) is 47.9 Å². The van der Waals surface area contributed by atoms with Crippen molar-refractivity contribution in [3.05, 3.63) is 10.8 Å². The van der Waals surface area contributed by atoms with Gasteiger partial charge in [-0.25, -0.2) is 9.97 Å². The van der Waals surface area contributed by atoms with Gasteiger partial charge in [0, 0.05) is 17.8 Å². The molecule has 2 unspecified atom stereocenters. The SMILES string of the molecule is CCNc1ncnc(NC2CCC(SCC)C2)c1Br. The van der Waals surface area contributed by atoms with Crippen molar-refractivity contribution in [2.75, 3.05) is 22.9 Å². The van der Waals surface area contributed by atoms with Crippen molar-refractivity contribution in [3.63, 3.8) is 0 Å². The first-order valence-corrected chi connectivity index (χ1v) is 8.71. The normalized spacial score (nSPS) is 22.5. The van der Waals surface area contributed by atoms with E-state index in [0.29, 0.717) is 6.04 Å². The van der Waals surface area contributed by atoms with E-state index in [0.717, 1.165) is 27.9 Å². The first-order chi connectivity index (χ1) is 9.24. The molecule has 1 fully saturated rings. The van der Waals surface area contributed by atoms with E-state index in [4.69, 9.17) is 0 Å². The summed E-state index contributed by atoms with van der Waals surface area (Å²) in [6.45, 7) is 5.15. The predicted molar refractivity (Wildman–Crippen MR) is 87.1 cm³/mol. The van der Waals surface area contributed by atoms with Crippen molar-refractivity contribution in [2.24, 2.45) is 0 Å². The quantitative estimate of drug-likeness (QED) is 0.822. The van der Waals surface area contributed by atoms with Crippen LogP contribution in [0.1, 0.15) is 33.1 Å². The first kappa shape index (κ1) is 14.9. The molecular weight excluding hydrogens is 324 g/mol. The van der Waals surface area contributed by atoms with Gasteiger partial charge in [0.1, 0.15) is 22.4 Å². The minimum atomic E-state index is 0.532. The second-order valence-corrected chi connectivity index (χ2v) is 7.02. The summed E-state index contributed by atoms with van der Waals surface area (Å²) in [5.74, 6) is 2.97. The average Bonchev–Trinajstić information content (AvgIpc) is 2.83. The fourth-order valence-electron chi connectivity index (χ4n) is 2.41. The lowest BCUT2D eigenvalue weighted by molar-refractivity contribution is 0.750. The Morgan fingerprint density at radius 2 is 2.11 bits per heavy atom. The summed E-state index contributed by atoms with van der Waals surface area (Å²) in [7, 11) is 0. The van der Waals surface area contributed by atoms with Gasteiger partial charge in [0.05, 0.1) is 0 Å². The zero-order chi connectivity index (χ0) is 13.7. The maximum absolute atomic E-state index is 4.34. The first-order valence-electron chi connectivity index (χ1n) is 6.87. The van der Waals surface area contributed by atoms with Crippen molar-refractivity contribution in [1.29, 1.82) is 0 Å². The average molecular weight is 345 g/mol. The number of rotatable bonds is 6. The molecule has 0 aromatic carbocycles. The van der Waals surface area contributed by atoms with Crippen LogP contribution in [0.5, 0.6) is 0 Å². The molecule has 6 heteroatoms. The molecule has 4 nitrogen and oxygen atoms in total. The minimum Gasteiger partial charge on any atom is -0.369 e. The summed E-state index contributed by atoms with van der Waals surface area (Å²) < 4.78 is 0.934. The van der Waals surface area contributed by atoms with E-state index >= 15 is 0 Å². The van der Waals surface area contributed by atoms with Crippen LogP contribution in [0.3, 0.4) is 0 Å². The smallest absolute Gasteiger partial charge is 0.146 e. The Morgan fingerprint density at radius 3 is 2.84 bits per heavy atom. The molecule has 0 bridgehead atoms. The molecule has 1 aromatic rings. The van der Waals surface area contributed by atoms with Crippen LogP contribution < -0.4 is 10.6 Å². The Morgan fingerprint density at radius 1 is 1.32 bits per heavy atom. The monoisotopic (exact) mass is 344 g/mol. The van der Waals surface area contributed by atoms with Gasteiger partial charge in [0.25, 0.3) is 0 Å². The van der Waals surface area contributed by atoms with Gasteiger partial charge < -0.3 is 10.6 Å². The second kappa shape index (κ2) is 7.33. The van der Waals surface area contributed by atoms with Crippen LogP contribution in [0.2, 0.25) is 0 Å². The standard InChI is InChI=1S/C13H21BrN4S/c1-3-15-12-11(14)13(17-8-16-12)18-9-5-6-10(7-9)19-4-2/h8-10H,3-7H2,1-2H3,(H2,15,16,17,18). The Bertz CT molecular complexity index is 416. The van der Waals surface area contributed by atoms with E-state index in [9.17, 15) is 0 Å². The second-order valence-electron chi connectivity index (χ2n) is 4.65. The zero-order valence-electron chi connectivity index (χ0n) is 11.4. The van der Waals surface area contributed by atoms with E-state index in [1.165, 1.54) is 25.0 Å². The molecule has 0 radical (unpaired) electrons. The Kier molecular flexibility index (Phi) is 5.76. The number of anilines is 2. The molecule has 1 heterocycles. The van der Waals surface area contributed by atoms with Crippen molar-refractivity contribution in [1.82, 2.24) is 9.97 Å². The highest BCUT2D eigenvalue weighted by Crippen LogP contribution is 2.33. The summed E-state index contributed by atoms with van der Waals surface area (Å²) in [6, 6.07) is 0.532. The fraction of sp³-hybridized carbons (Fsp3) is 0.692. The molecule has 1 aliphatic rings. The molecule has 106 valence electrons. The van der Waals surface area contributed by atoms with Gasteiger partial charge >= 0.3 is 0 Å². The Labute approximate surface area is 127 Å². The molecule has 0 spiro atoms. The molecule has 19 heavy (non-hydrogen) atoms. The molecule has 2 rings (SSSR count). The van der Waals surface area contributed by atoms with Crippen LogP contribution in [0, 0.1) is 0 Å². The van der Waals surface area contributed by atoms with Crippen LogP contribution >= 0.6 is 27.7 Å². The zero-order valence-corrected chi connectivity index (χ0v) is 13.9. The largest absolute Gasteiger partial charge is 0.369 e. The van der Waals surface area contributed by atoms with Gasteiger partial charge in [-0.15, -0.1) is 0 Å². The van der Waals surface area contributed by atoms with Gasteiger partial charge in [-0.1, -0.05) is 6.92 Å². The summed E-state index contributed by atoms with van der Waals surface area (Å²) in [5, 5.41) is 7.58. The molecule has 1 saturated carbocycles. The highest BCUT2D eigenvalue weighted by Gasteiger charge is 2.25. The lowest BCUT2D eigenvalue weighted by atomic mass is 10.2. The van der Waals surface area contributed by atoms with Gasteiger partial charge in [0.15, 0.2) is 0 Å². The molecule has 2 atom stereocenters. The molecular formula is C13H21BrN4S. The predicted octanol–water partition coefficient (Wildman–Crippen LogP) is 3.76. The van der Waals surface area contributed by atoms with Crippen LogP contribution in [0.15, 0.2) is 10.8 Å². The number of hydrogen-bond acceptors (Lipinski definition) is 5. The molecule has 0 amide bonds. The van der Waals surface area contributed by atoms with Crippen LogP contribution in [0.25, 0.3) is 0 Å². The summed E-state index contributed by atoms with van der Waals surface area (Å²) in [5.41, 5.74) is 0. The van der Waals surface area contributed by atoms with Crippen molar-refractivity contribution in [3.8, 4) is 0 Å². The van der Waals surface area contributed by atoms with E-state index in [1.54, 1.807) is 6.33 Å². The van der Waals surface area contributed by atoms with Crippen molar-refractivity contribution >= 4 is 39.3 Å². The van der Waals surface area contributed by atoms with E-state index in [-0.39, 0.29) is 0 Å². The highest BCUT2D eigenvalue weighted by atomic mass is 79.9. The topological polar surface area (TPSA) is 49.8 Å². The summed E-state index contributed by atoms with van der Waals surface area (Å²) in [4.78, 5) is 8.57. The number of thioether (sulfide) groups is 1. The third-order valence-electron chi connectivity index (χ3n) is 3.26. The van der Waals surface area contributed by atoms with Gasteiger partial charge in [-0.3, -0.25) is 0 Å². The number of nitrogens with one attached hydrogen (secondary N) is 2. The number of aromatic nitrogens is 2. The van der Waals surface area contributed by atoms with Crippen LogP contribution in [-0.4, -0.2) is 33.6 Å². The Hall–Kier alpha value is -0.490. The van der Waals surface area contributed by atoms with Crippen LogP contribution in [-0.2, 0) is 0 Å². The molecule has 1 aromatic heterocycles. The lowest BCUT2D eigenvalue weighted by Crippen LogP contribution is -2.18. The fourth-order valence-corrected chi connectivity index (χ4v) is 4.01. The molecule has 2 N–H and O–H groups in total. The highest BCUT2D eigenvalue weighted by molar-refractivity contribution is 9.10. The third-order valence-corrected chi connectivity index (χ3v) is 5.25. The van der Waals surface area contributed by atoms with Crippen molar-refractivity contribution < 1.29 is 0 Å². The van der Waals surface area contributed by atoms with E-state index in [2.05, 4.69) is 62.1 Å². The van der Waals surface area contributed by atoms with Gasteiger partial charge in [-0.2, -0.15) is 11.8 Å². The third kappa shape index (κ3) is 3.99. The number of hydrogen-bond donors (Lipinski definition) is 2. The van der Waals surface area contributed by atoms with E-state index < -0.39 is 0 Å². The van der Waals surface area contributed by atoms with E-state index in [1.807, 2.05) is 0 Å². The number of nitrogens with zero attached hydrogens (tertiary/aromatic N) is 2. The molecule has 0 aliphatic heterocycles. The summed E-state index contributed by atoms with van der Waals surface area (Å²) >= 11 is 5.65. The van der Waals surface area contributed by atoms with Crippen molar-refractivity contribution in [2.45, 2.75) is 44.4 Å². The maximum atomic E-state index is 4.34. The van der Waals surface area contributed by atoms with Crippen LogP contribution in [0.4, 0.5) is 11.6 Å². The lowest BCUT2D eigenvalue weighted by Gasteiger charge is -2.16. The maximum Gasteiger partial charge on any atom is 0.146 e. The van der Waals surface area contributed by atoms with Gasteiger partial charge in [0.2, 0.25) is 0 Å². The minimum absolute atomic E-state index is 0.532. The molecule has 1 aliphatic carbocycles. The number of halogens is 1. The molecule has 0 saturated heterocycles. The summed E-state index contributed by atoms with van der Waals surface area (Å²) in [6.07, 6.45) is 5.37.